The molecule has 0 spiro atoms. The quantitative estimate of drug-likeness (QED) is 0.895. The highest BCUT2D eigenvalue weighted by Crippen LogP contribution is 2.32. The lowest BCUT2D eigenvalue weighted by Gasteiger charge is -2.12. The first-order chi connectivity index (χ1) is 8.70. The summed E-state index contributed by atoms with van der Waals surface area (Å²) in [6.45, 7) is 2.51. The Kier molecular flexibility index (Phi) is 4.11. The Hall–Kier alpha value is -1.67. The van der Waals surface area contributed by atoms with Gasteiger partial charge in [0.1, 0.15) is 18.1 Å². The van der Waals surface area contributed by atoms with Crippen molar-refractivity contribution in [2.24, 2.45) is 0 Å². The van der Waals surface area contributed by atoms with Crippen molar-refractivity contribution in [2.45, 2.75) is 20.0 Å². The molecular formula is C15H15ClO2. The second-order valence-corrected chi connectivity index (χ2v) is 4.45. The number of phenols is 1. The van der Waals surface area contributed by atoms with Crippen molar-refractivity contribution in [1.29, 1.82) is 0 Å². The van der Waals surface area contributed by atoms with Gasteiger partial charge >= 0.3 is 0 Å². The monoisotopic (exact) mass is 262 g/mol. The number of hydrogen-bond acceptors (Lipinski definition) is 2. The first kappa shape index (κ1) is 12.8. The van der Waals surface area contributed by atoms with Crippen molar-refractivity contribution in [3.63, 3.8) is 0 Å². The van der Waals surface area contributed by atoms with Crippen LogP contribution in [0.25, 0.3) is 0 Å². The Morgan fingerprint density at radius 2 is 1.89 bits per heavy atom. The summed E-state index contributed by atoms with van der Waals surface area (Å²) >= 11 is 5.88. The fourth-order valence-corrected chi connectivity index (χ4v) is 1.92. The molecule has 0 atom stereocenters. The highest BCUT2D eigenvalue weighted by molar-refractivity contribution is 6.32. The van der Waals surface area contributed by atoms with Crippen LogP contribution in [0.15, 0.2) is 42.5 Å². The number of hydrogen-bond donors (Lipinski definition) is 1. The molecule has 0 aliphatic heterocycles. The van der Waals surface area contributed by atoms with Crippen LogP contribution in [0, 0.1) is 0 Å². The van der Waals surface area contributed by atoms with Gasteiger partial charge in [0.25, 0.3) is 0 Å². The second-order valence-electron chi connectivity index (χ2n) is 4.04. The van der Waals surface area contributed by atoms with Gasteiger partial charge in [0, 0.05) is 6.07 Å². The first-order valence-corrected chi connectivity index (χ1v) is 6.26. The van der Waals surface area contributed by atoms with E-state index in [0.29, 0.717) is 17.4 Å². The summed E-state index contributed by atoms with van der Waals surface area (Å²) < 4.78 is 5.73. The van der Waals surface area contributed by atoms with Crippen molar-refractivity contribution < 1.29 is 9.84 Å². The highest BCUT2D eigenvalue weighted by Gasteiger charge is 2.08. The van der Waals surface area contributed by atoms with Crippen molar-refractivity contribution >= 4 is 11.6 Å². The predicted octanol–water partition coefficient (Wildman–Crippen LogP) is 4.19. The Balaban J connectivity index is 2.16. The fourth-order valence-electron chi connectivity index (χ4n) is 1.73. The maximum Gasteiger partial charge on any atom is 0.137 e. The molecule has 0 bridgehead atoms. The van der Waals surface area contributed by atoms with Gasteiger partial charge in [0.15, 0.2) is 0 Å². The molecule has 0 amide bonds. The summed E-state index contributed by atoms with van der Waals surface area (Å²) in [5.74, 6) is 0.736. The smallest absolute Gasteiger partial charge is 0.137 e. The molecule has 0 saturated carbocycles. The van der Waals surface area contributed by atoms with Crippen LogP contribution in [0.1, 0.15) is 18.1 Å². The van der Waals surface area contributed by atoms with Gasteiger partial charge in [-0.15, -0.1) is 0 Å². The highest BCUT2D eigenvalue weighted by atomic mass is 35.5. The minimum Gasteiger partial charge on any atom is -0.506 e. The van der Waals surface area contributed by atoms with Crippen LogP contribution in [0.4, 0.5) is 0 Å². The molecular weight excluding hydrogens is 248 g/mol. The molecule has 3 heteroatoms. The summed E-state index contributed by atoms with van der Waals surface area (Å²) in [4.78, 5) is 0. The zero-order chi connectivity index (χ0) is 13.0. The summed E-state index contributed by atoms with van der Waals surface area (Å²) in [5, 5.41) is 9.97. The summed E-state index contributed by atoms with van der Waals surface area (Å²) in [5.41, 5.74) is 2.09. The van der Waals surface area contributed by atoms with Crippen LogP contribution in [0.3, 0.4) is 0 Å². The van der Waals surface area contributed by atoms with Gasteiger partial charge in [0.05, 0.1) is 5.02 Å². The molecule has 2 nitrogen and oxygen atoms in total. The molecule has 2 aromatic rings. The van der Waals surface area contributed by atoms with E-state index in [9.17, 15) is 5.11 Å². The van der Waals surface area contributed by atoms with Gasteiger partial charge in [-0.1, -0.05) is 48.9 Å². The Morgan fingerprint density at radius 1 is 1.17 bits per heavy atom. The third-order valence-electron chi connectivity index (χ3n) is 2.75. The van der Waals surface area contributed by atoms with Gasteiger partial charge in [-0.3, -0.25) is 0 Å². The predicted molar refractivity (Wildman–Crippen MR) is 73.3 cm³/mol. The number of halogens is 1. The number of phenolic OH excluding ortho intramolecular Hbond substituents is 1. The maximum atomic E-state index is 9.61. The van der Waals surface area contributed by atoms with Crippen LogP contribution >= 0.6 is 11.6 Å². The molecule has 0 aliphatic rings. The number of rotatable bonds is 4. The average Bonchev–Trinajstić information content (AvgIpc) is 2.41. The van der Waals surface area contributed by atoms with Crippen molar-refractivity contribution in [2.75, 3.05) is 0 Å². The zero-order valence-electron chi connectivity index (χ0n) is 10.2. The van der Waals surface area contributed by atoms with E-state index in [-0.39, 0.29) is 5.75 Å². The van der Waals surface area contributed by atoms with E-state index in [4.69, 9.17) is 16.3 Å². The number of ether oxygens (including phenoxy) is 1. The average molecular weight is 263 g/mol. The molecule has 2 rings (SSSR count). The molecule has 2 aromatic carbocycles. The summed E-state index contributed by atoms with van der Waals surface area (Å²) in [6, 6.07) is 13.2. The zero-order valence-corrected chi connectivity index (χ0v) is 10.9. The second kappa shape index (κ2) is 5.78. The SMILES string of the molecule is CCc1cc(Cl)c(O)cc1OCc1ccccc1. The lowest BCUT2D eigenvalue weighted by molar-refractivity contribution is 0.301. The Bertz CT molecular complexity index is 524. The molecule has 0 radical (unpaired) electrons. The summed E-state index contributed by atoms with van der Waals surface area (Å²) in [7, 11) is 0. The number of benzene rings is 2. The Labute approximate surface area is 112 Å². The van der Waals surface area contributed by atoms with Crippen molar-refractivity contribution in [1.82, 2.24) is 0 Å². The lowest BCUT2D eigenvalue weighted by atomic mass is 10.1. The van der Waals surface area contributed by atoms with Crippen LogP contribution in [-0.2, 0) is 13.0 Å². The van der Waals surface area contributed by atoms with E-state index in [1.54, 1.807) is 12.1 Å². The van der Waals surface area contributed by atoms with Crippen LogP contribution in [-0.4, -0.2) is 5.11 Å². The molecule has 94 valence electrons. The molecule has 0 heterocycles. The first-order valence-electron chi connectivity index (χ1n) is 5.88. The van der Waals surface area contributed by atoms with Gasteiger partial charge < -0.3 is 9.84 Å². The fraction of sp³-hybridized carbons (Fsp3) is 0.200. The molecule has 0 saturated heterocycles. The number of aromatic hydroxyl groups is 1. The molecule has 0 aromatic heterocycles. The van der Waals surface area contributed by atoms with E-state index >= 15 is 0 Å². The van der Waals surface area contributed by atoms with Gasteiger partial charge in [-0.05, 0) is 23.6 Å². The molecule has 0 aliphatic carbocycles. The van der Waals surface area contributed by atoms with E-state index in [0.717, 1.165) is 17.5 Å². The summed E-state index contributed by atoms with van der Waals surface area (Å²) in [6.07, 6.45) is 0.810. The number of aryl methyl sites for hydroxylation is 1. The normalized spacial score (nSPS) is 10.3. The minimum absolute atomic E-state index is 0.0527. The van der Waals surface area contributed by atoms with Crippen LogP contribution in [0.5, 0.6) is 11.5 Å². The van der Waals surface area contributed by atoms with Crippen molar-refractivity contribution in [3.8, 4) is 11.5 Å². The topological polar surface area (TPSA) is 29.5 Å². The van der Waals surface area contributed by atoms with Gasteiger partial charge in [0.2, 0.25) is 0 Å². The van der Waals surface area contributed by atoms with E-state index < -0.39 is 0 Å². The Morgan fingerprint density at radius 3 is 2.56 bits per heavy atom. The van der Waals surface area contributed by atoms with Crippen LogP contribution < -0.4 is 4.74 Å². The van der Waals surface area contributed by atoms with Gasteiger partial charge in [-0.25, -0.2) is 0 Å². The molecule has 0 fully saturated rings. The standard InChI is InChI=1S/C15H15ClO2/c1-2-12-8-13(16)14(17)9-15(12)18-10-11-6-4-3-5-7-11/h3-9,17H,2,10H2,1H3. The third-order valence-corrected chi connectivity index (χ3v) is 3.05. The third kappa shape index (κ3) is 2.96. The van der Waals surface area contributed by atoms with Crippen LogP contribution in [0.2, 0.25) is 5.02 Å². The van der Waals surface area contributed by atoms with Crippen molar-refractivity contribution in [3.05, 3.63) is 58.6 Å². The van der Waals surface area contributed by atoms with E-state index in [1.165, 1.54) is 0 Å². The molecule has 1 N–H and O–H groups in total. The maximum absolute atomic E-state index is 9.61. The van der Waals surface area contributed by atoms with E-state index in [2.05, 4.69) is 0 Å². The largest absolute Gasteiger partial charge is 0.506 e. The molecule has 18 heavy (non-hydrogen) atoms. The lowest BCUT2D eigenvalue weighted by Crippen LogP contribution is -1.98. The van der Waals surface area contributed by atoms with E-state index in [1.807, 2.05) is 37.3 Å². The van der Waals surface area contributed by atoms with Gasteiger partial charge in [-0.2, -0.15) is 0 Å². The minimum atomic E-state index is 0.0527. The molecule has 0 unspecified atom stereocenters.